The molecule has 0 aromatic heterocycles. The highest BCUT2D eigenvalue weighted by Gasteiger charge is 2.20. The van der Waals surface area contributed by atoms with E-state index in [1.807, 2.05) is 0 Å². The van der Waals surface area contributed by atoms with Gasteiger partial charge in [-0.15, -0.1) is 0 Å². The number of esters is 1. The van der Waals surface area contributed by atoms with Crippen molar-refractivity contribution in [3.05, 3.63) is 24.3 Å². The topological polar surface area (TPSA) is 95.9 Å². The van der Waals surface area contributed by atoms with Crippen molar-refractivity contribution in [1.82, 2.24) is 5.32 Å². The lowest BCUT2D eigenvalue weighted by molar-refractivity contribution is -0.143. The molecular formula is C71H137NO5. The van der Waals surface area contributed by atoms with Gasteiger partial charge in [0.15, 0.2) is 0 Å². The summed E-state index contributed by atoms with van der Waals surface area (Å²) in [6, 6.07) is -0.537. The van der Waals surface area contributed by atoms with E-state index in [2.05, 4.69) is 43.5 Å². The summed E-state index contributed by atoms with van der Waals surface area (Å²) in [7, 11) is 0. The Bertz CT molecular complexity index is 1200. The summed E-state index contributed by atoms with van der Waals surface area (Å²) >= 11 is 0. The lowest BCUT2D eigenvalue weighted by Gasteiger charge is -2.22. The molecule has 0 spiro atoms. The Hall–Kier alpha value is -1.66. The van der Waals surface area contributed by atoms with E-state index in [0.29, 0.717) is 25.9 Å². The zero-order valence-corrected chi connectivity index (χ0v) is 52.2. The molecule has 0 saturated heterocycles. The van der Waals surface area contributed by atoms with E-state index in [-0.39, 0.29) is 18.5 Å². The first-order valence-electron chi connectivity index (χ1n) is 35.1. The molecular weight excluding hydrogens is 947 g/mol. The van der Waals surface area contributed by atoms with Gasteiger partial charge in [0, 0.05) is 12.8 Å². The number of allylic oxidation sites excluding steroid dienone is 4. The molecule has 0 aliphatic rings. The van der Waals surface area contributed by atoms with Gasteiger partial charge in [0.1, 0.15) is 0 Å². The molecule has 0 aliphatic heterocycles. The Morgan fingerprint density at radius 1 is 0.364 bits per heavy atom. The molecule has 0 heterocycles. The highest BCUT2D eigenvalue weighted by Crippen LogP contribution is 2.19. The number of unbranched alkanes of at least 4 members (excludes halogenated alkanes) is 51. The fraction of sp³-hybridized carbons (Fsp3) is 0.915. The quantitative estimate of drug-likeness (QED) is 0.0320. The smallest absolute Gasteiger partial charge is 0.305 e. The van der Waals surface area contributed by atoms with E-state index >= 15 is 0 Å². The number of rotatable bonds is 66. The van der Waals surface area contributed by atoms with Gasteiger partial charge in [-0.2, -0.15) is 0 Å². The molecule has 2 atom stereocenters. The molecule has 456 valence electrons. The summed E-state index contributed by atoms with van der Waals surface area (Å²) in [6.07, 6.45) is 83.8. The van der Waals surface area contributed by atoms with Crippen LogP contribution in [0.4, 0.5) is 0 Å². The standard InChI is InChI=1S/C71H137NO5/c1-3-5-7-9-11-13-15-17-18-37-41-45-49-53-57-61-65-71(76)77-66-62-58-54-50-46-42-38-35-33-31-29-27-25-23-21-19-20-22-24-26-28-30-32-34-36-40-44-48-52-56-60-64-70(75)72-68(67-73)69(74)63-59-55-51-47-43-39-16-14-12-10-8-6-4-2/h13,15,18,37,68-69,73-74H,3-12,14,16-17,19-36,38-67H2,1-2H3,(H,72,75)/b15-13-,37-18-. The SMILES string of the molecule is CCCCCC/C=C\C/C=C\CCCCCCCC(=O)OCCCCCCCCCCCCCCCCCCCCCCCCCCCCCCCCCC(=O)NC(CO)C(O)CCCCCCCCCCCCCCC. The molecule has 6 heteroatoms. The van der Waals surface area contributed by atoms with Crippen molar-refractivity contribution in [2.75, 3.05) is 13.2 Å². The highest BCUT2D eigenvalue weighted by atomic mass is 16.5. The second-order valence-electron chi connectivity index (χ2n) is 24.2. The zero-order valence-electron chi connectivity index (χ0n) is 52.2. The van der Waals surface area contributed by atoms with Crippen molar-refractivity contribution < 1.29 is 24.5 Å². The Balaban J connectivity index is 3.31. The maximum atomic E-state index is 12.5. The van der Waals surface area contributed by atoms with Crippen LogP contribution >= 0.6 is 0 Å². The third kappa shape index (κ3) is 63.4. The molecule has 3 N–H and O–H groups in total. The van der Waals surface area contributed by atoms with Crippen LogP contribution in [0.3, 0.4) is 0 Å². The molecule has 1 amide bonds. The van der Waals surface area contributed by atoms with Gasteiger partial charge in [-0.3, -0.25) is 9.59 Å². The van der Waals surface area contributed by atoms with Crippen LogP contribution in [-0.2, 0) is 14.3 Å². The fourth-order valence-corrected chi connectivity index (χ4v) is 11.1. The van der Waals surface area contributed by atoms with E-state index in [1.165, 1.54) is 308 Å². The molecule has 0 fully saturated rings. The number of ether oxygens (including phenoxy) is 1. The van der Waals surface area contributed by atoms with Crippen molar-refractivity contribution in [2.45, 2.75) is 405 Å². The summed E-state index contributed by atoms with van der Waals surface area (Å²) in [6.45, 7) is 4.96. The van der Waals surface area contributed by atoms with Gasteiger partial charge in [0.05, 0.1) is 25.4 Å². The highest BCUT2D eigenvalue weighted by molar-refractivity contribution is 5.76. The lowest BCUT2D eigenvalue weighted by atomic mass is 10.0. The summed E-state index contributed by atoms with van der Waals surface area (Å²) in [4.78, 5) is 24.6. The molecule has 0 aromatic rings. The van der Waals surface area contributed by atoms with Gasteiger partial charge in [-0.05, 0) is 57.8 Å². The number of hydrogen-bond donors (Lipinski definition) is 3. The minimum atomic E-state index is -0.660. The summed E-state index contributed by atoms with van der Waals surface area (Å²) in [5.74, 6) is -0.0211. The number of hydrogen-bond acceptors (Lipinski definition) is 5. The van der Waals surface area contributed by atoms with E-state index in [9.17, 15) is 19.8 Å². The Morgan fingerprint density at radius 3 is 1.00 bits per heavy atom. The Labute approximate surface area is 481 Å². The van der Waals surface area contributed by atoms with Crippen LogP contribution in [-0.4, -0.2) is 47.4 Å². The molecule has 0 bridgehead atoms. The first-order valence-corrected chi connectivity index (χ1v) is 35.1. The minimum Gasteiger partial charge on any atom is -0.466 e. The number of amides is 1. The maximum absolute atomic E-state index is 12.5. The second kappa shape index (κ2) is 66.8. The monoisotopic (exact) mass is 1080 g/mol. The van der Waals surface area contributed by atoms with Gasteiger partial charge < -0.3 is 20.3 Å². The van der Waals surface area contributed by atoms with Gasteiger partial charge in [0.2, 0.25) is 5.91 Å². The van der Waals surface area contributed by atoms with Crippen LogP contribution in [0, 0.1) is 0 Å². The average Bonchev–Trinajstić information content (AvgIpc) is 3.43. The van der Waals surface area contributed by atoms with Gasteiger partial charge >= 0.3 is 5.97 Å². The van der Waals surface area contributed by atoms with Crippen LogP contribution in [0.1, 0.15) is 393 Å². The number of carbonyl (C=O) groups is 2. The van der Waals surface area contributed by atoms with Crippen molar-refractivity contribution in [3.63, 3.8) is 0 Å². The molecule has 0 radical (unpaired) electrons. The third-order valence-corrected chi connectivity index (χ3v) is 16.5. The third-order valence-electron chi connectivity index (χ3n) is 16.5. The number of carbonyl (C=O) groups excluding carboxylic acids is 2. The summed E-state index contributed by atoms with van der Waals surface area (Å²) in [5.41, 5.74) is 0. The van der Waals surface area contributed by atoms with Crippen LogP contribution in [0.25, 0.3) is 0 Å². The van der Waals surface area contributed by atoms with Gasteiger partial charge in [0.25, 0.3) is 0 Å². The zero-order chi connectivity index (χ0) is 55.7. The lowest BCUT2D eigenvalue weighted by Crippen LogP contribution is -2.45. The predicted molar refractivity (Wildman–Crippen MR) is 338 cm³/mol. The molecule has 0 aliphatic carbocycles. The van der Waals surface area contributed by atoms with Gasteiger partial charge in [-0.1, -0.05) is 346 Å². The molecule has 6 nitrogen and oxygen atoms in total. The van der Waals surface area contributed by atoms with E-state index in [4.69, 9.17) is 4.74 Å². The Kier molecular flexibility index (Phi) is 65.4. The van der Waals surface area contributed by atoms with Gasteiger partial charge in [-0.25, -0.2) is 0 Å². The normalized spacial score (nSPS) is 12.6. The average molecular weight is 1080 g/mol. The van der Waals surface area contributed by atoms with Crippen LogP contribution in [0.15, 0.2) is 24.3 Å². The molecule has 0 saturated carbocycles. The van der Waals surface area contributed by atoms with Crippen molar-refractivity contribution in [1.29, 1.82) is 0 Å². The first kappa shape index (κ1) is 75.3. The maximum Gasteiger partial charge on any atom is 0.305 e. The fourth-order valence-electron chi connectivity index (χ4n) is 11.1. The molecule has 0 rings (SSSR count). The number of aliphatic hydroxyl groups is 2. The second-order valence-corrected chi connectivity index (χ2v) is 24.2. The number of aliphatic hydroxyl groups excluding tert-OH is 2. The van der Waals surface area contributed by atoms with Crippen LogP contribution < -0.4 is 5.32 Å². The summed E-state index contributed by atoms with van der Waals surface area (Å²) < 4.78 is 5.49. The van der Waals surface area contributed by atoms with Crippen molar-refractivity contribution >= 4 is 11.9 Å². The molecule has 77 heavy (non-hydrogen) atoms. The van der Waals surface area contributed by atoms with Crippen molar-refractivity contribution in [2.24, 2.45) is 0 Å². The van der Waals surface area contributed by atoms with Crippen molar-refractivity contribution in [3.8, 4) is 0 Å². The number of nitrogens with one attached hydrogen (secondary N) is 1. The first-order chi connectivity index (χ1) is 38.0. The van der Waals surface area contributed by atoms with E-state index < -0.39 is 12.1 Å². The minimum absolute atomic E-state index is 0.00771. The van der Waals surface area contributed by atoms with Crippen LogP contribution in [0.5, 0.6) is 0 Å². The van der Waals surface area contributed by atoms with Crippen LogP contribution in [0.2, 0.25) is 0 Å². The largest absolute Gasteiger partial charge is 0.466 e. The van der Waals surface area contributed by atoms with E-state index in [0.717, 1.165) is 51.4 Å². The Morgan fingerprint density at radius 2 is 0.649 bits per heavy atom. The predicted octanol–water partition coefficient (Wildman–Crippen LogP) is 22.5. The summed E-state index contributed by atoms with van der Waals surface area (Å²) in [5, 5.41) is 23.3. The van der Waals surface area contributed by atoms with E-state index in [1.54, 1.807) is 0 Å². The molecule has 0 aromatic carbocycles. The molecule has 2 unspecified atom stereocenters.